The van der Waals surface area contributed by atoms with Gasteiger partial charge in [-0.05, 0) is 36.2 Å². The number of carbonyl (C=O) groups is 2. The van der Waals surface area contributed by atoms with Gasteiger partial charge in [-0.3, -0.25) is 9.48 Å². The number of halogens is 1. The summed E-state index contributed by atoms with van der Waals surface area (Å²) in [6.45, 7) is 0.403. The minimum Gasteiger partial charge on any atom is -0.365 e. The van der Waals surface area contributed by atoms with Crippen molar-refractivity contribution in [2.75, 3.05) is 6.54 Å². The maximum Gasteiger partial charge on any atom is 0.315 e. The van der Waals surface area contributed by atoms with Crippen LogP contribution in [0.3, 0.4) is 0 Å². The lowest BCUT2D eigenvalue weighted by atomic mass is 10.0. The zero-order chi connectivity index (χ0) is 22.6. The fourth-order valence-corrected chi connectivity index (χ4v) is 4.78. The molecule has 1 aliphatic carbocycles. The molecule has 2 aromatic carbocycles. The summed E-state index contributed by atoms with van der Waals surface area (Å²) in [7, 11) is 0. The number of rotatable bonds is 3. The molecule has 1 spiro atoms. The van der Waals surface area contributed by atoms with E-state index in [-0.39, 0.29) is 23.7 Å². The number of urea groups is 1. The number of carbonyl (C=O) groups excluding carboxylic acids is 2. The normalized spacial score (nSPS) is 21.1. The molecular weight excluding hydrogens is 411 g/mol. The Morgan fingerprint density at radius 1 is 1.19 bits per heavy atom. The van der Waals surface area contributed by atoms with E-state index in [0.29, 0.717) is 29.8 Å². The van der Waals surface area contributed by atoms with Crippen molar-refractivity contribution in [3.05, 3.63) is 76.7 Å². The van der Waals surface area contributed by atoms with Crippen LogP contribution in [0.4, 0.5) is 9.18 Å². The van der Waals surface area contributed by atoms with Gasteiger partial charge in [0.25, 0.3) is 5.91 Å². The van der Waals surface area contributed by atoms with E-state index in [2.05, 4.69) is 6.07 Å². The smallest absolute Gasteiger partial charge is 0.315 e. The zero-order valence-electron chi connectivity index (χ0n) is 17.0. The van der Waals surface area contributed by atoms with Crippen LogP contribution < -0.4 is 11.5 Å². The summed E-state index contributed by atoms with van der Waals surface area (Å²) in [5.74, 6) is -1.17. The van der Waals surface area contributed by atoms with E-state index < -0.39 is 23.3 Å². The molecule has 2 atom stereocenters. The first-order valence-electron chi connectivity index (χ1n) is 10.1. The van der Waals surface area contributed by atoms with Gasteiger partial charge >= 0.3 is 6.03 Å². The van der Waals surface area contributed by atoms with E-state index in [1.54, 1.807) is 22.9 Å². The molecule has 2 aliphatic rings. The van der Waals surface area contributed by atoms with Gasteiger partial charge in [-0.2, -0.15) is 10.4 Å². The molecular formula is C23H19FN6O2. The van der Waals surface area contributed by atoms with Crippen LogP contribution >= 0.6 is 0 Å². The summed E-state index contributed by atoms with van der Waals surface area (Å²) in [6, 6.07) is 14.5. The molecule has 1 aromatic heterocycles. The summed E-state index contributed by atoms with van der Waals surface area (Å²) in [5, 5.41) is 13.8. The van der Waals surface area contributed by atoms with E-state index in [1.807, 2.05) is 12.1 Å². The van der Waals surface area contributed by atoms with Crippen LogP contribution in [0.15, 0.2) is 48.5 Å². The molecule has 1 aliphatic heterocycles. The second kappa shape index (κ2) is 6.92. The molecule has 9 heteroatoms. The van der Waals surface area contributed by atoms with Gasteiger partial charge in [0.1, 0.15) is 11.5 Å². The van der Waals surface area contributed by atoms with Crippen LogP contribution in [-0.4, -0.2) is 33.2 Å². The average Bonchev–Trinajstić information content (AvgIpc) is 3.33. The van der Waals surface area contributed by atoms with Crippen LogP contribution in [0.2, 0.25) is 0 Å². The summed E-state index contributed by atoms with van der Waals surface area (Å²) in [6.07, 6.45) is 0.665. The van der Waals surface area contributed by atoms with E-state index in [4.69, 9.17) is 21.8 Å². The second-order valence-corrected chi connectivity index (χ2v) is 8.25. The SMILES string of the molecule is N#Cc1ccc(C2CC23CN(C(N)=O)Cc2c(C(N)=O)c(-c4cccc(F)c4)nn23)cc1. The predicted octanol–water partition coefficient (Wildman–Crippen LogP) is 2.44. The largest absolute Gasteiger partial charge is 0.365 e. The number of amides is 3. The van der Waals surface area contributed by atoms with E-state index in [9.17, 15) is 14.0 Å². The number of nitrogens with zero attached hydrogens (tertiary/aromatic N) is 4. The first-order chi connectivity index (χ1) is 15.3. The molecule has 1 saturated carbocycles. The Balaban J connectivity index is 1.67. The molecule has 4 N–H and O–H groups in total. The highest BCUT2D eigenvalue weighted by atomic mass is 19.1. The third kappa shape index (κ3) is 2.92. The second-order valence-electron chi connectivity index (χ2n) is 8.25. The number of primary amides is 2. The molecule has 5 rings (SSSR count). The molecule has 2 unspecified atom stereocenters. The lowest BCUT2D eigenvalue weighted by Gasteiger charge is -2.34. The highest BCUT2D eigenvalue weighted by molar-refractivity contribution is 6.00. The minimum absolute atomic E-state index is 0.00266. The summed E-state index contributed by atoms with van der Waals surface area (Å²) >= 11 is 0. The first-order valence-corrected chi connectivity index (χ1v) is 10.1. The van der Waals surface area contributed by atoms with Gasteiger partial charge < -0.3 is 16.4 Å². The zero-order valence-corrected chi connectivity index (χ0v) is 17.0. The molecule has 0 bridgehead atoms. The van der Waals surface area contributed by atoms with E-state index in [1.165, 1.54) is 23.1 Å². The van der Waals surface area contributed by atoms with Crippen LogP contribution in [0.1, 0.15) is 39.5 Å². The van der Waals surface area contributed by atoms with Gasteiger partial charge in [0, 0.05) is 18.0 Å². The average molecular weight is 430 g/mol. The Kier molecular flexibility index (Phi) is 4.27. The molecule has 3 amide bonds. The predicted molar refractivity (Wildman–Crippen MR) is 113 cm³/mol. The highest BCUT2D eigenvalue weighted by Crippen LogP contribution is 2.59. The van der Waals surface area contributed by atoms with Crippen molar-refractivity contribution in [3.8, 4) is 17.3 Å². The Morgan fingerprint density at radius 3 is 2.56 bits per heavy atom. The van der Waals surface area contributed by atoms with Crippen molar-refractivity contribution in [1.29, 1.82) is 5.26 Å². The van der Waals surface area contributed by atoms with Crippen molar-refractivity contribution in [2.24, 2.45) is 11.5 Å². The van der Waals surface area contributed by atoms with Crippen LogP contribution in [0.25, 0.3) is 11.3 Å². The number of benzene rings is 2. The quantitative estimate of drug-likeness (QED) is 0.661. The number of fused-ring (bicyclic) bond motifs is 2. The molecule has 0 saturated heterocycles. The topological polar surface area (TPSA) is 131 Å². The van der Waals surface area contributed by atoms with E-state index in [0.717, 1.165) is 5.56 Å². The Bertz CT molecular complexity index is 1310. The number of nitriles is 1. The monoisotopic (exact) mass is 430 g/mol. The summed E-state index contributed by atoms with van der Waals surface area (Å²) < 4.78 is 15.7. The van der Waals surface area contributed by atoms with Gasteiger partial charge in [0.15, 0.2) is 0 Å². The fourth-order valence-electron chi connectivity index (χ4n) is 4.78. The molecule has 3 aromatic rings. The number of aromatic nitrogens is 2. The maximum atomic E-state index is 13.9. The fraction of sp³-hybridized carbons (Fsp3) is 0.217. The Hall–Kier alpha value is -4.19. The molecule has 2 heterocycles. The highest BCUT2D eigenvalue weighted by Gasteiger charge is 2.61. The minimum atomic E-state index is -0.706. The third-order valence-electron chi connectivity index (χ3n) is 6.35. The molecule has 8 nitrogen and oxygen atoms in total. The molecule has 0 radical (unpaired) electrons. The van der Waals surface area contributed by atoms with Gasteiger partial charge in [-0.1, -0.05) is 24.3 Å². The summed E-state index contributed by atoms with van der Waals surface area (Å²) in [4.78, 5) is 26.1. The lowest BCUT2D eigenvalue weighted by molar-refractivity contribution is 0.0995. The van der Waals surface area contributed by atoms with Gasteiger partial charge in [0.2, 0.25) is 0 Å². The summed E-state index contributed by atoms with van der Waals surface area (Å²) in [5.41, 5.74) is 13.6. The van der Waals surface area contributed by atoms with Crippen molar-refractivity contribution in [3.63, 3.8) is 0 Å². The number of hydrogen-bond donors (Lipinski definition) is 2. The van der Waals surface area contributed by atoms with Crippen molar-refractivity contribution in [1.82, 2.24) is 14.7 Å². The van der Waals surface area contributed by atoms with Crippen LogP contribution in [0, 0.1) is 17.1 Å². The van der Waals surface area contributed by atoms with Crippen LogP contribution in [0.5, 0.6) is 0 Å². The first kappa shape index (κ1) is 19.8. The third-order valence-corrected chi connectivity index (χ3v) is 6.35. The van der Waals surface area contributed by atoms with Crippen LogP contribution in [-0.2, 0) is 12.1 Å². The number of nitrogens with two attached hydrogens (primary N) is 2. The molecule has 1 fully saturated rings. The molecule has 32 heavy (non-hydrogen) atoms. The van der Waals surface area contributed by atoms with Crippen molar-refractivity contribution in [2.45, 2.75) is 24.4 Å². The maximum absolute atomic E-state index is 13.9. The van der Waals surface area contributed by atoms with Crippen molar-refractivity contribution >= 4 is 11.9 Å². The lowest BCUT2D eigenvalue weighted by Crippen LogP contribution is -2.48. The van der Waals surface area contributed by atoms with Gasteiger partial charge in [-0.25, -0.2) is 9.18 Å². The number of hydrogen-bond acceptors (Lipinski definition) is 4. The Morgan fingerprint density at radius 2 is 1.94 bits per heavy atom. The van der Waals surface area contributed by atoms with Gasteiger partial charge in [-0.15, -0.1) is 0 Å². The standard InChI is InChI=1S/C23H19FN6O2/c24-16-3-1-2-15(8-16)20-19(21(26)31)18-11-29(22(27)32)12-23(30(18)28-20)9-17(23)14-6-4-13(10-25)5-7-14/h1-8,17H,9,11-12H2,(H2,26,31)(H2,27,32). The molecule has 160 valence electrons. The van der Waals surface area contributed by atoms with E-state index >= 15 is 0 Å². The van der Waals surface area contributed by atoms with Gasteiger partial charge in [0.05, 0.1) is 35.0 Å². The Labute approximate surface area is 182 Å². The van der Waals surface area contributed by atoms with Crippen molar-refractivity contribution < 1.29 is 14.0 Å².